The number of hydrogen-bond acceptors (Lipinski definition) is 9. The fourth-order valence-electron chi connectivity index (χ4n) is 4.56. The van der Waals surface area contributed by atoms with Crippen molar-refractivity contribution in [3.05, 3.63) is 65.2 Å². The minimum absolute atomic E-state index is 0.0608. The van der Waals surface area contributed by atoms with E-state index in [4.69, 9.17) is 19.0 Å². The Bertz CT molecular complexity index is 1520. The van der Waals surface area contributed by atoms with Gasteiger partial charge in [0.05, 0.1) is 18.8 Å². The van der Waals surface area contributed by atoms with Crippen LogP contribution in [0.4, 0.5) is 0 Å². The Kier molecular flexibility index (Phi) is 10.0. The number of carboxylic acid groups (broad SMARTS) is 1. The monoisotopic (exact) mass is 610 g/mol. The largest absolute Gasteiger partial charge is 0.479 e. The number of H-pyrrole nitrogens is 2. The fourth-order valence-corrected chi connectivity index (χ4v) is 5.89. The van der Waals surface area contributed by atoms with E-state index in [1.807, 2.05) is 20.0 Å². The number of ether oxygens (including phenoxy) is 2. The van der Waals surface area contributed by atoms with Gasteiger partial charge in [0.25, 0.3) is 11.1 Å². The maximum Gasteiger partial charge on any atom is 0.335 e. The van der Waals surface area contributed by atoms with Crippen LogP contribution in [-0.2, 0) is 18.7 Å². The molecular weight excluding hydrogens is 568 g/mol. The van der Waals surface area contributed by atoms with Gasteiger partial charge in [-0.3, -0.25) is 28.7 Å². The van der Waals surface area contributed by atoms with Crippen LogP contribution in [0.1, 0.15) is 64.1 Å². The Hall–Kier alpha value is -3.11. The Balaban J connectivity index is 0.000000247. The summed E-state index contributed by atoms with van der Waals surface area (Å²) in [6.07, 6.45) is 0.507. The lowest BCUT2D eigenvalue weighted by atomic mass is 10.0. The molecule has 2 aliphatic heterocycles. The highest BCUT2D eigenvalue weighted by atomic mass is 28.4. The van der Waals surface area contributed by atoms with Crippen LogP contribution in [0.2, 0.25) is 18.1 Å². The van der Waals surface area contributed by atoms with Crippen molar-refractivity contribution < 1.29 is 28.9 Å². The summed E-state index contributed by atoms with van der Waals surface area (Å²) in [6.45, 7) is 15.4. The molecule has 0 radical (unpaired) electrons. The minimum atomic E-state index is -2.21. The Morgan fingerprint density at radius 2 is 1.45 bits per heavy atom. The van der Waals surface area contributed by atoms with Crippen LogP contribution in [0, 0.1) is 19.8 Å². The molecule has 4 rings (SSSR count). The Morgan fingerprint density at radius 1 is 0.976 bits per heavy atom. The molecule has 2 aromatic rings. The zero-order chi connectivity index (χ0) is 31.7. The third-order valence-electron chi connectivity index (χ3n) is 8.20. The van der Waals surface area contributed by atoms with Gasteiger partial charge in [0.1, 0.15) is 12.5 Å². The van der Waals surface area contributed by atoms with Crippen LogP contribution in [0.15, 0.2) is 31.6 Å². The average Bonchev–Trinajstić information content (AvgIpc) is 3.46. The van der Waals surface area contributed by atoms with Crippen molar-refractivity contribution in [2.45, 2.75) is 103 Å². The number of aliphatic carboxylic acids is 1. The summed E-state index contributed by atoms with van der Waals surface area (Å²) in [5.41, 5.74) is -1.13. The molecule has 42 heavy (non-hydrogen) atoms. The van der Waals surface area contributed by atoms with Crippen LogP contribution in [-0.4, -0.2) is 68.5 Å². The number of carbonyl (C=O) groups is 1. The molecule has 0 aromatic carbocycles. The zero-order valence-corrected chi connectivity index (χ0v) is 26.3. The first-order valence-corrected chi connectivity index (χ1v) is 16.7. The molecule has 2 unspecified atom stereocenters. The normalized spacial score (nSPS) is 26.1. The van der Waals surface area contributed by atoms with E-state index in [1.165, 1.54) is 21.5 Å². The smallest absolute Gasteiger partial charge is 0.335 e. The molecule has 2 aromatic heterocycles. The first-order valence-electron chi connectivity index (χ1n) is 13.8. The number of aliphatic hydroxyl groups is 1. The number of aromatic nitrogens is 4. The molecule has 0 spiro atoms. The molecule has 4 N–H and O–H groups in total. The second-order valence-electron chi connectivity index (χ2n) is 12.5. The number of hydrogen-bond donors (Lipinski definition) is 4. The van der Waals surface area contributed by atoms with Crippen LogP contribution in [0.3, 0.4) is 0 Å². The molecule has 0 bridgehead atoms. The van der Waals surface area contributed by atoms with Crippen molar-refractivity contribution >= 4 is 14.3 Å². The maximum atomic E-state index is 12.1. The van der Waals surface area contributed by atoms with Gasteiger partial charge in [-0.15, -0.1) is 0 Å². The lowest BCUT2D eigenvalue weighted by Crippen LogP contribution is -2.47. The predicted molar refractivity (Wildman–Crippen MR) is 155 cm³/mol. The van der Waals surface area contributed by atoms with Gasteiger partial charge in [-0.2, -0.15) is 0 Å². The second-order valence-corrected chi connectivity index (χ2v) is 17.2. The maximum absolute atomic E-state index is 12.1. The molecule has 0 aliphatic carbocycles. The zero-order valence-electron chi connectivity index (χ0n) is 25.3. The van der Waals surface area contributed by atoms with Gasteiger partial charge in [-0.25, -0.2) is 14.4 Å². The topological polar surface area (TPSA) is 195 Å². The number of aromatic amines is 2. The summed E-state index contributed by atoms with van der Waals surface area (Å²) in [5, 5.41) is 18.5. The van der Waals surface area contributed by atoms with Gasteiger partial charge in [0.2, 0.25) is 0 Å². The summed E-state index contributed by atoms with van der Waals surface area (Å²) in [5.74, 6) is -0.940. The quantitative estimate of drug-likeness (QED) is 0.347. The molecule has 2 fully saturated rings. The molecule has 4 heterocycles. The first-order chi connectivity index (χ1) is 19.4. The summed E-state index contributed by atoms with van der Waals surface area (Å²) < 4.78 is 20.0. The molecule has 0 saturated carbocycles. The summed E-state index contributed by atoms with van der Waals surface area (Å²) >= 11 is 0. The highest BCUT2D eigenvalue weighted by molar-refractivity contribution is 6.74. The number of nitrogens with one attached hydrogen (secondary N) is 2. The van der Waals surface area contributed by atoms with Crippen molar-refractivity contribution in [1.29, 1.82) is 0 Å². The number of aliphatic hydroxyl groups excluding tert-OH is 1. The van der Waals surface area contributed by atoms with E-state index in [2.05, 4.69) is 30.7 Å². The summed E-state index contributed by atoms with van der Waals surface area (Å²) in [4.78, 5) is 62.5. The van der Waals surface area contributed by atoms with Gasteiger partial charge in [-0.05, 0) is 44.3 Å². The van der Waals surface area contributed by atoms with Crippen molar-refractivity contribution in [1.82, 2.24) is 19.1 Å². The third-order valence-corrected chi connectivity index (χ3v) is 12.7. The van der Waals surface area contributed by atoms with Gasteiger partial charge < -0.3 is 24.1 Å². The number of nitrogens with zero attached hydrogens (tertiary/aromatic N) is 2. The van der Waals surface area contributed by atoms with Gasteiger partial charge in [-0.1, -0.05) is 27.7 Å². The average molecular weight is 611 g/mol. The highest BCUT2D eigenvalue weighted by Gasteiger charge is 2.47. The third kappa shape index (κ3) is 7.26. The fraction of sp³-hybridized carbons (Fsp3) is 0.667. The van der Waals surface area contributed by atoms with E-state index in [9.17, 15) is 29.1 Å². The van der Waals surface area contributed by atoms with E-state index in [0.717, 1.165) is 0 Å². The summed E-state index contributed by atoms with van der Waals surface area (Å²) in [6, 6.07) is 0. The lowest BCUT2D eigenvalue weighted by molar-refractivity contribution is -0.155. The lowest BCUT2D eigenvalue weighted by Gasteiger charge is -2.38. The number of aryl methyl sites for hydroxylation is 2. The van der Waals surface area contributed by atoms with Gasteiger partial charge in [0.15, 0.2) is 14.4 Å². The number of rotatable bonds is 6. The molecule has 2 saturated heterocycles. The Morgan fingerprint density at radius 3 is 1.86 bits per heavy atom. The van der Waals surface area contributed by atoms with Crippen molar-refractivity contribution in [2.75, 3.05) is 6.61 Å². The molecule has 14 nitrogen and oxygen atoms in total. The molecule has 15 heteroatoms. The van der Waals surface area contributed by atoms with Gasteiger partial charge >= 0.3 is 17.3 Å². The predicted octanol–water partition coefficient (Wildman–Crippen LogP) is 1.37. The van der Waals surface area contributed by atoms with Gasteiger partial charge in [0, 0.05) is 29.9 Å². The van der Waals surface area contributed by atoms with E-state index in [1.54, 1.807) is 13.8 Å². The Labute approximate surface area is 243 Å². The molecule has 2 aliphatic rings. The van der Waals surface area contributed by atoms with Crippen molar-refractivity contribution in [2.24, 2.45) is 5.92 Å². The molecule has 6 atom stereocenters. The number of carboxylic acids is 1. The standard InChI is InChI=1S/C16H26N2O6Si.C11H16N2O4/c1-9-8-18(15(22)17-13(9)19)11-7-10(12(23-11)14(20)21)24-25(5,6)16(2,3)4;1-6-3-9(17-8(6)5-14)13-4-7(2)10(15)12-11(13)16/h8,10-12H,7H2,1-6H3,(H,20,21)(H,17,19,22);4,6,8-9,14H,3,5H2,1-2H3,(H,12,15,16)/t10?,11-,12+;6?,8-,9-/m11/s1. The van der Waals surface area contributed by atoms with E-state index < -0.39 is 55.9 Å². The van der Waals surface area contributed by atoms with Crippen LogP contribution in [0.25, 0.3) is 0 Å². The van der Waals surface area contributed by atoms with Crippen LogP contribution in [0.5, 0.6) is 0 Å². The van der Waals surface area contributed by atoms with E-state index in [0.29, 0.717) is 17.5 Å². The van der Waals surface area contributed by atoms with E-state index in [-0.39, 0.29) is 35.6 Å². The molecule has 234 valence electrons. The second kappa shape index (κ2) is 12.6. The minimum Gasteiger partial charge on any atom is -0.479 e. The molecule has 0 amide bonds. The summed E-state index contributed by atoms with van der Waals surface area (Å²) in [7, 11) is -2.21. The van der Waals surface area contributed by atoms with Crippen molar-refractivity contribution in [3.8, 4) is 0 Å². The molecular formula is C27H42N4O10Si. The highest BCUT2D eigenvalue weighted by Crippen LogP contribution is 2.41. The SMILES string of the molecule is Cc1cn([C@H]2CC(C)[C@@H](CO)O2)c(=O)[nH]c1=O.Cc1cn([C@H]2CC(O[Si](C)(C)C(C)(C)C)[C@@H](C(=O)O)O2)c(=O)[nH]c1=O. The van der Waals surface area contributed by atoms with Crippen LogP contribution >= 0.6 is 0 Å². The van der Waals surface area contributed by atoms with Crippen molar-refractivity contribution in [3.63, 3.8) is 0 Å². The first kappa shape index (κ1) is 33.4. The van der Waals surface area contributed by atoms with Crippen LogP contribution < -0.4 is 22.5 Å². The van der Waals surface area contributed by atoms with E-state index >= 15 is 0 Å².